The molecule has 2 heterocycles. The Kier molecular flexibility index (Phi) is 9.81. The summed E-state index contributed by atoms with van der Waals surface area (Å²) >= 11 is 0. The van der Waals surface area contributed by atoms with Crippen molar-refractivity contribution in [2.75, 3.05) is 5.32 Å². The van der Waals surface area contributed by atoms with Gasteiger partial charge in [0.1, 0.15) is 11.3 Å². The number of nitrogens with one attached hydrogen (secondary N) is 2. The highest BCUT2D eigenvalue weighted by Gasteiger charge is 2.61. The molecule has 10 nitrogen and oxygen atoms in total. The molecule has 1 aromatic carbocycles. The van der Waals surface area contributed by atoms with Crippen molar-refractivity contribution in [3.63, 3.8) is 0 Å². The van der Waals surface area contributed by atoms with Crippen molar-refractivity contribution in [1.82, 2.24) is 15.2 Å². The van der Waals surface area contributed by atoms with Gasteiger partial charge in [-0.2, -0.15) is 26.3 Å². The van der Waals surface area contributed by atoms with Gasteiger partial charge in [0.25, 0.3) is 17.3 Å². The largest absolute Gasteiger partial charge is 0.465 e. The van der Waals surface area contributed by atoms with E-state index < -0.39 is 77.5 Å². The summed E-state index contributed by atoms with van der Waals surface area (Å²) in [5.74, 6) is -1.99. The standard InChI is InChI=1S/C25H26F6N4O6/c1-14(36)8-4-3-7-11-23(25(29,30)31,40-13-15-9-5-2-6-10-15)21-35-34-20(41-21)18-17(32-22(38)39)12-16(19(37)33-18)24(26,27)28/h2,5-6,9-10,12,14,32,36H,3-4,7-8,11,13H2,1H3,(H,33,37)(H,38,39)/t14?,23-/m1/s1. The fourth-order valence-electron chi connectivity index (χ4n) is 3.97. The van der Waals surface area contributed by atoms with Crippen LogP contribution in [0.3, 0.4) is 0 Å². The van der Waals surface area contributed by atoms with E-state index in [2.05, 4.69) is 10.2 Å². The van der Waals surface area contributed by atoms with E-state index in [1.807, 2.05) is 0 Å². The maximum atomic E-state index is 14.7. The first-order valence-electron chi connectivity index (χ1n) is 12.3. The van der Waals surface area contributed by atoms with Gasteiger partial charge >= 0.3 is 18.4 Å². The number of hydrogen-bond donors (Lipinski definition) is 4. The summed E-state index contributed by atoms with van der Waals surface area (Å²) in [6, 6.07) is 8.05. The number of ether oxygens (including phenoxy) is 1. The molecule has 1 amide bonds. The minimum absolute atomic E-state index is 0.0539. The molecule has 1 unspecified atom stereocenters. The molecular formula is C25H26F6N4O6. The Labute approximate surface area is 228 Å². The fourth-order valence-corrected chi connectivity index (χ4v) is 3.97. The first-order chi connectivity index (χ1) is 19.1. The number of amides is 1. The Bertz CT molecular complexity index is 1370. The van der Waals surface area contributed by atoms with Crippen LogP contribution >= 0.6 is 0 Å². The lowest BCUT2D eigenvalue weighted by molar-refractivity contribution is -0.300. The minimum atomic E-state index is -5.18. The monoisotopic (exact) mass is 592 g/mol. The van der Waals surface area contributed by atoms with Gasteiger partial charge in [0.2, 0.25) is 5.60 Å². The third-order valence-electron chi connectivity index (χ3n) is 6.01. The number of halogens is 6. The lowest BCUT2D eigenvalue weighted by Crippen LogP contribution is -2.45. The lowest BCUT2D eigenvalue weighted by Gasteiger charge is -2.32. The van der Waals surface area contributed by atoms with E-state index in [0.717, 1.165) is 0 Å². The van der Waals surface area contributed by atoms with Gasteiger partial charge in [0, 0.05) is 0 Å². The van der Waals surface area contributed by atoms with Crippen LogP contribution in [-0.2, 0) is 23.1 Å². The maximum absolute atomic E-state index is 14.7. The van der Waals surface area contributed by atoms with E-state index in [1.54, 1.807) is 35.4 Å². The number of alkyl halides is 6. The normalized spacial score (nSPS) is 14.4. The number of unbranched alkanes of at least 4 members (excludes halogenated alkanes) is 2. The Morgan fingerprint density at radius 1 is 1.10 bits per heavy atom. The maximum Gasteiger partial charge on any atom is 0.426 e. The van der Waals surface area contributed by atoms with Gasteiger partial charge in [-0.25, -0.2) is 4.79 Å². The summed E-state index contributed by atoms with van der Waals surface area (Å²) in [5, 5.41) is 27.1. The van der Waals surface area contributed by atoms with Gasteiger partial charge in [0.15, 0.2) is 0 Å². The van der Waals surface area contributed by atoms with E-state index in [1.165, 1.54) is 12.1 Å². The van der Waals surface area contributed by atoms with Crippen molar-refractivity contribution in [1.29, 1.82) is 0 Å². The molecule has 0 aliphatic carbocycles. The van der Waals surface area contributed by atoms with Gasteiger partial charge in [-0.3, -0.25) is 10.1 Å². The van der Waals surface area contributed by atoms with Gasteiger partial charge in [-0.1, -0.05) is 43.2 Å². The van der Waals surface area contributed by atoms with Crippen molar-refractivity contribution < 1.29 is 50.5 Å². The average Bonchev–Trinajstić information content (AvgIpc) is 3.35. The molecule has 0 fully saturated rings. The predicted molar refractivity (Wildman–Crippen MR) is 131 cm³/mol. The Morgan fingerprint density at radius 3 is 2.37 bits per heavy atom. The summed E-state index contributed by atoms with van der Waals surface area (Å²) < 4.78 is 94.6. The second-order valence-corrected chi connectivity index (χ2v) is 9.19. The van der Waals surface area contributed by atoms with Gasteiger partial charge in [-0.15, -0.1) is 10.2 Å². The number of nitrogens with zero attached hydrogens (tertiary/aromatic N) is 2. The van der Waals surface area contributed by atoms with Gasteiger partial charge < -0.3 is 24.4 Å². The number of carboxylic acid groups (broad SMARTS) is 1. The van der Waals surface area contributed by atoms with Crippen LogP contribution in [0.15, 0.2) is 45.6 Å². The number of anilines is 1. The van der Waals surface area contributed by atoms with E-state index >= 15 is 0 Å². The highest BCUT2D eigenvalue weighted by Crippen LogP contribution is 2.47. The number of benzene rings is 1. The highest BCUT2D eigenvalue weighted by molar-refractivity contribution is 5.87. The van der Waals surface area contributed by atoms with Crippen molar-refractivity contribution in [2.45, 2.75) is 69.7 Å². The molecule has 3 rings (SSSR count). The summed E-state index contributed by atoms with van der Waals surface area (Å²) in [4.78, 5) is 25.1. The van der Waals surface area contributed by atoms with E-state index in [0.29, 0.717) is 18.4 Å². The summed E-state index contributed by atoms with van der Waals surface area (Å²) in [7, 11) is 0. The Morgan fingerprint density at radius 2 is 1.78 bits per heavy atom. The van der Waals surface area contributed by atoms with Gasteiger partial charge in [-0.05, 0) is 37.8 Å². The van der Waals surface area contributed by atoms with E-state index in [9.17, 15) is 41.0 Å². The van der Waals surface area contributed by atoms with Crippen LogP contribution in [0, 0.1) is 0 Å². The van der Waals surface area contributed by atoms with E-state index in [4.69, 9.17) is 14.3 Å². The first-order valence-corrected chi connectivity index (χ1v) is 12.3. The second-order valence-electron chi connectivity index (χ2n) is 9.19. The number of aliphatic hydroxyl groups is 1. The molecule has 0 saturated heterocycles. The zero-order chi connectivity index (χ0) is 30.4. The number of pyridine rings is 1. The molecule has 0 saturated carbocycles. The van der Waals surface area contributed by atoms with Crippen molar-refractivity contribution in [3.05, 3.63) is 63.8 Å². The minimum Gasteiger partial charge on any atom is -0.465 e. The molecule has 16 heteroatoms. The zero-order valence-electron chi connectivity index (χ0n) is 21.5. The predicted octanol–water partition coefficient (Wildman–Crippen LogP) is 5.84. The molecule has 0 radical (unpaired) electrons. The highest BCUT2D eigenvalue weighted by atomic mass is 19.4. The third kappa shape index (κ3) is 7.85. The second kappa shape index (κ2) is 12.7. The van der Waals surface area contributed by atoms with Crippen LogP contribution in [0.2, 0.25) is 0 Å². The Hall–Kier alpha value is -3.92. The number of rotatable bonds is 12. The number of hydrogen-bond acceptors (Lipinski definition) is 7. The number of aromatic nitrogens is 3. The van der Waals surface area contributed by atoms with Crippen LogP contribution in [0.25, 0.3) is 11.6 Å². The summed E-state index contributed by atoms with van der Waals surface area (Å²) in [6.45, 7) is 1.01. The smallest absolute Gasteiger partial charge is 0.426 e. The fraction of sp³-hybridized carbons (Fsp3) is 0.440. The van der Waals surface area contributed by atoms with Crippen molar-refractivity contribution >= 4 is 11.8 Å². The molecule has 0 aliphatic rings. The number of H-pyrrole nitrogens is 1. The molecule has 0 aliphatic heterocycles. The van der Waals surface area contributed by atoms with Crippen LogP contribution in [0.4, 0.5) is 36.8 Å². The average molecular weight is 592 g/mol. The van der Waals surface area contributed by atoms with Crippen molar-refractivity contribution in [3.8, 4) is 11.6 Å². The van der Waals surface area contributed by atoms with Gasteiger partial charge in [0.05, 0.1) is 18.4 Å². The van der Waals surface area contributed by atoms with Crippen LogP contribution in [-0.4, -0.2) is 43.8 Å². The molecule has 0 spiro atoms. The molecule has 4 N–H and O–H groups in total. The Balaban J connectivity index is 2.08. The zero-order valence-corrected chi connectivity index (χ0v) is 21.5. The molecular weight excluding hydrogens is 566 g/mol. The van der Waals surface area contributed by atoms with Crippen LogP contribution < -0.4 is 10.9 Å². The van der Waals surface area contributed by atoms with Crippen LogP contribution in [0.5, 0.6) is 0 Å². The molecule has 2 atom stereocenters. The topological polar surface area (TPSA) is 151 Å². The SMILES string of the molecule is CC(O)CCCCC[C@@](OCc1ccccc1)(c1nnc(-c2[nH]c(=O)c(C(F)(F)F)cc2NC(=O)O)o1)C(F)(F)F. The molecule has 41 heavy (non-hydrogen) atoms. The molecule has 0 bridgehead atoms. The molecule has 2 aromatic heterocycles. The number of aromatic amines is 1. The first kappa shape index (κ1) is 31.6. The quantitative estimate of drug-likeness (QED) is 0.151. The third-order valence-corrected chi connectivity index (χ3v) is 6.01. The summed E-state index contributed by atoms with van der Waals surface area (Å²) in [6.07, 6.45) is -12.5. The molecule has 224 valence electrons. The molecule has 3 aromatic rings. The number of carbonyl (C=O) groups is 1. The lowest BCUT2D eigenvalue weighted by atomic mass is 9.94. The van der Waals surface area contributed by atoms with E-state index in [-0.39, 0.29) is 18.9 Å². The van der Waals surface area contributed by atoms with Crippen LogP contribution in [0.1, 0.15) is 56.0 Å². The summed E-state index contributed by atoms with van der Waals surface area (Å²) in [5.41, 5.74) is -7.91. The van der Waals surface area contributed by atoms with Crippen molar-refractivity contribution in [2.24, 2.45) is 0 Å². The number of aliphatic hydroxyl groups excluding tert-OH is 1.